The normalized spacial score (nSPS) is 15.2. The predicted molar refractivity (Wildman–Crippen MR) is 97.4 cm³/mol. The van der Waals surface area contributed by atoms with Gasteiger partial charge < -0.3 is 0 Å². The van der Waals surface area contributed by atoms with Crippen molar-refractivity contribution >= 4 is 41.7 Å². The molecule has 0 unspecified atom stereocenters. The van der Waals surface area contributed by atoms with Crippen LogP contribution in [0, 0.1) is 0 Å². The van der Waals surface area contributed by atoms with Gasteiger partial charge in [0.05, 0.1) is 0 Å². The summed E-state index contributed by atoms with van der Waals surface area (Å²) in [6, 6.07) is 7.68. The summed E-state index contributed by atoms with van der Waals surface area (Å²) in [7, 11) is 0. The molecule has 0 saturated carbocycles. The molecule has 2 aromatic rings. The zero-order valence-corrected chi connectivity index (χ0v) is 16.0. The molecule has 0 radical (unpaired) electrons. The summed E-state index contributed by atoms with van der Waals surface area (Å²) in [4.78, 5) is 26.3. The van der Waals surface area contributed by atoms with Crippen LogP contribution in [0.3, 0.4) is 0 Å². The minimum atomic E-state index is -0.241. The van der Waals surface area contributed by atoms with Gasteiger partial charge in [0.15, 0.2) is 0 Å². The Balaban J connectivity index is 1.59. The fraction of sp³-hybridized carbons (Fsp3) is 0.444. The van der Waals surface area contributed by atoms with E-state index in [9.17, 15) is 9.59 Å². The van der Waals surface area contributed by atoms with Gasteiger partial charge in [-0.3, -0.25) is 0 Å². The number of rotatable bonds is 6. The maximum atomic E-state index is 12.2. The number of nitrogens with zero attached hydrogens (tertiary/aromatic N) is 1. The Morgan fingerprint density at radius 2 is 2.08 bits per heavy atom. The van der Waals surface area contributed by atoms with Crippen molar-refractivity contribution in [1.82, 2.24) is 4.90 Å². The minimum absolute atomic E-state index is 0.00421. The molecule has 1 aromatic carbocycles. The van der Waals surface area contributed by atoms with Gasteiger partial charge in [0.2, 0.25) is 0 Å². The quantitative estimate of drug-likeness (QED) is 0.582. The fourth-order valence-electron chi connectivity index (χ4n) is 2.73. The molecule has 6 nitrogen and oxygen atoms in total. The molecule has 3 rings (SSSR count). The van der Waals surface area contributed by atoms with E-state index in [-0.39, 0.29) is 26.4 Å². The van der Waals surface area contributed by atoms with Gasteiger partial charge in [-0.05, 0) is 0 Å². The first-order valence-electron chi connectivity index (χ1n) is 8.46. The van der Waals surface area contributed by atoms with Crippen molar-refractivity contribution in [3.63, 3.8) is 0 Å². The number of carbonyl (C=O) groups excluding carboxylic acids is 2. The van der Waals surface area contributed by atoms with Gasteiger partial charge >= 0.3 is 152 Å². The number of nitrogens with one attached hydrogen (secondary N) is 1. The van der Waals surface area contributed by atoms with E-state index < -0.39 is 0 Å². The van der Waals surface area contributed by atoms with E-state index in [1.807, 2.05) is 24.3 Å². The molecular formula is C18H22N2O4Se. The molecule has 7 heteroatoms. The van der Waals surface area contributed by atoms with Crippen molar-refractivity contribution in [2.75, 3.05) is 44.8 Å². The molecule has 134 valence electrons. The van der Waals surface area contributed by atoms with Crippen LogP contribution in [0.15, 0.2) is 24.3 Å². The molecule has 1 N–H and O–H groups in total. The third kappa shape index (κ3) is 4.92. The Bertz CT molecular complexity index is 753. The van der Waals surface area contributed by atoms with Gasteiger partial charge in [-0.15, -0.1) is 0 Å². The number of benzene rings is 1. The van der Waals surface area contributed by atoms with Crippen LogP contribution in [0.25, 0.3) is 9.65 Å². The Morgan fingerprint density at radius 1 is 1.28 bits per heavy atom. The van der Waals surface area contributed by atoms with Crippen molar-refractivity contribution in [3.05, 3.63) is 28.7 Å². The molecule has 1 amide bonds. The Morgan fingerprint density at radius 3 is 2.84 bits per heavy atom. The van der Waals surface area contributed by atoms with E-state index in [0.717, 1.165) is 52.6 Å². The Kier molecular flexibility index (Phi) is 6.26. The monoisotopic (exact) mass is 410 g/mol. The summed E-state index contributed by atoms with van der Waals surface area (Å²) < 4.78 is 12.2. The van der Waals surface area contributed by atoms with Crippen LogP contribution >= 0.6 is 0 Å². The third-order valence-electron chi connectivity index (χ3n) is 4.04. The molecule has 1 saturated heterocycles. The maximum absolute atomic E-state index is 12.2. The number of carbonyl (C=O) groups is 2. The van der Waals surface area contributed by atoms with E-state index >= 15 is 0 Å². The first kappa shape index (κ1) is 18.1. The number of hydrogen-bond acceptors (Lipinski definition) is 5. The predicted octanol–water partition coefficient (Wildman–Crippen LogP) is 1.73. The summed E-state index contributed by atoms with van der Waals surface area (Å²) in [6.07, 6.45) is 0.463. The van der Waals surface area contributed by atoms with E-state index in [1.54, 1.807) is 6.92 Å². The van der Waals surface area contributed by atoms with Crippen LogP contribution in [-0.4, -0.2) is 70.7 Å². The molecule has 1 aromatic heterocycles. The van der Waals surface area contributed by atoms with Crippen LogP contribution in [0.2, 0.25) is 0 Å². The van der Waals surface area contributed by atoms with Crippen molar-refractivity contribution in [3.8, 4) is 0 Å². The Hall–Kier alpha value is -1.66. The molecule has 25 heavy (non-hydrogen) atoms. The van der Waals surface area contributed by atoms with Crippen LogP contribution in [0.4, 0.5) is 5.69 Å². The van der Waals surface area contributed by atoms with Crippen molar-refractivity contribution < 1.29 is 19.1 Å². The second kappa shape index (κ2) is 8.63. The van der Waals surface area contributed by atoms with Crippen molar-refractivity contribution in [2.24, 2.45) is 0 Å². The summed E-state index contributed by atoms with van der Waals surface area (Å²) in [5.74, 6) is -0.237. The number of fused-ring (bicyclic) bond motifs is 1. The molecule has 0 spiro atoms. The molecule has 1 fully saturated rings. The average molecular weight is 409 g/mol. The summed E-state index contributed by atoms with van der Waals surface area (Å²) in [6.45, 7) is 6.18. The van der Waals surface area contributed by atoms with Gasteiger partial charge in [0, 0.05) is 0 Å². The van der Waals surface area contributed by atoms with E-state index in [1.165, 1.54) is 0 Å². The van der Waals surface area contributed by atoms with Crippen LogP contribution in [-0.2, 0) is 14.3 Å². The van der Waals surface area contributed by atoms with Gasteiger partial charge in [-0.1, -0.05) is 0 Å². The average Bonchev–Trinajstić information content (AvgIpc) is 3.04. The molecule has 1 aliphatic rings. The standard InChI is InChI=1S/C18H22N2O4Se/c1-2-24-18(22)16-12-13-11-14(3-4-15(13)25-16)19-17(21)5-6-20-7-9-23-10-8-20/h3-4,11-12H,2,5-10H2,1H3,(H,19,21). The zero-order valence-electron chi connectivity index (χ0n) is 14.2. The molecule has 0 atom stereocenters. The van der Waals surface area contributed by atoms with Gasteiger partial charge in [-0.2, -0.15) is 0 Å². The van der Waals surface area contributed by atoms with Gasteiger partial charge in [0.25, 0.3) is 0 Å². The second-order valence-corrected chi connectivity index (χ2v) is 8.11. The van der Waals surface area contributed by atoms with Crippen molar-refractivity contribution in [1.29, 1.82) is 0 Å². The van der Waals surface area contributed by atoms with Crippen LogP contribution < -0.4 is 5.32 Å². The van der Waals surface area contributed by atoms with E-state index in [0.29, 0.717) is 13.0 Å². The zero-order chi connectivity index (χ0) is 17.6. The first-order chi connectivity index (χ1) is 12.2. The summed E-state index contributed by atoms with van der Waals surface area (Å²) in [5, 5.41) is 3.94. The third-order valence-corrected chi connectivity index (χ3v) is 6.34. The van der Waals surface area contributed by atoms with Crippen molar-refractivity contribution in [2.45, 2.75) is 13.3 Å². The molecule has 2 heterocycles. The van der Waals surface area contributed by atoms with Crippen LogP contribution in [0.5, 0.6) is 0 Å². The number of esters is 1. The van der Waals surface area contributed by atoms with E-state index in [2.05, 4.69) is 10.2 Å². The van der Waals surface area contributed by atoms with Gasteiger partial charge in [-0.25, -0.2) is 0 Å². The molecule has 1 aliphatic heterocycles. The molecule has 0 aliphatic carbocycles. The second-order valence-electron chi connectivity index (χ2n) is 5.84. The molecule has 0 bridgehead atoms. The molecular weight excluding hydrogens is 387 g/mol. The first-order valence-corrected chi connectivity index (χ1v) is 10.2. The summed E-state index contributed by atoms with van der Waals surface area (Å²) in [5.41, 5.74) is 0.767. The Labute approximate surface area is 152 Å². The number of ether oxygens (including phenoxy) is 2. The van der Waals surface area contributed by atoms with Gasteiger partial charge in [0.1, 0.15) is 0 Å². The SMILES string of the molecule is CCOC(=O)c1cc2cc(NC(=O)CCN3CCOCC3)ccc2[se]1. The number of morpholine rings is 1. The number of hydrogen-bond donors (Lipinski definition) is 1. The van der Waals surface area contributed by atoms with Crippen LogP contribution in [0.1, 0.15) is 22.6 Å². The fourth-order valence-corrected chi connectivity index (χ4v) is 4.70. The number of amides is 1. The summed E-state index contributed by atoms with van der Waals surface area (Å²) >= 11 is -0.0273. The van der Waals surface area contributed by atoms with E-state index in [4.69, 9.17) is 9.47 Å². The number of anilines is 1. The topological polar surface area (TPSA) is 67.9 Å².